The molecule has 0 amide bonds. The molecule has 3 unspecified atom stereocenters. The fraction of sp³-hybridized carbons (Fsp3) is 1.00. The minimum Gasteiger partial charge on any atom is -0.393 e. The van der Waals surface area contributed by atoms with E-state index in [1.807, 2.05) is 0 Å². The highest BCUT2D eigenvalue weighted by Gasteiger charge is 2.33. The molecule has 0 radical (unpaired) electrons. The van der Waals surface area contributed by atoms with E-state index in [2.05, 4.69) is 27.7 Å². The van der Waals surface area contributed by atoms with Crippen LogP contribution in [0.3, 0.4) is 0 Å². The van der Waals surface area contributed by atoms with E-state index in [0.29, 0.717) is 11.3 Å². The summed E-state index contributed by atoms with van der Waals surface area (Å²) in [6, 6.07) is 0. The summed E-state index contributed by atoms with van der Waals surface area (Å²) in [5.74, 6) is 1.47. The van der Waals surface area contributed by atoms with E-state index >= 15 is 0 Å². The predicted octanol–water partition coefficient (Wildman–Crippen LogP) is 3.22. The van der Waals surface area contributed by atoms with Crippen molar-refractivity contribution in [2.75, 3.05) is 0 Å². The maximum Gasteiger partial charge on any atom is 0.0545 e. The Labute approximate surface area is 82.5 Å². The lowest BCUT2D eigenvalue weighted by atomic mass is 9.68. The summed E-state index contributed by atoms with van der Waals surface area (Å²) < 4.78 is 0. The molecule has 1 aliphatic carbocycles. The van der Waals surface area contributed by atoms with Gasteiger partial charge in [-0.25, -0.2) is 0 Å². The van der Waals surface area contributed by atoms with E-state index in [0.717, 1.165) is 18.8 Å². The summed E-state index contributed by atoms with van der Waals surface area (Å²) >= 11 is 0. The average molecular weight is 184 g/mol. The maximum absolute atomic E-state index is 9.74. The van der Waals surface area contributed by atoms with E-state index in [1.54, 1.807) is 0 Å². The van der Waals surface area contributed by atoms with Crippen molar-refractivity contribution in [1.29, 1.82) is 0 Å². The van der Waals surface area contributed by atoms with Crippen LogP contribution >= 0.6 is 0 Å². The highest BCUT2D eigenvalue weighted by Crippen LogP contribution is 2.41. The van der Waals surface area contributed by atoms with Crippen LogP contribution in [0.5, 0.6) is 0 Å². The molecule has 0 heterocycles. The van der Waals surface area contributed by atoms with Crippen LogP contribution < -0.4 is 0 Å². The lowest BCUT2D eigenvalue weighted by Gasteiger charge is -2.39. The first kappa shape index (κ1) is 11.0. The number of hydrogen-bond donors (Lipinski definition) is 1. The van der Waals surface area contributed by atoms with Gasteiger partial charge in [0.2, 0.25) is 0 Å². The standard InChI is InChI=1S/C12H24O/c1-5-9-6-10(12(2,3)4)8-11(13)7-9/h9-11,13H,5-8H2,1-4H3. The number of aliphatic hydroxyl groups excluding tert-OH is 1. The average Bonchev–Trinajstić information content (AvgIpc) is 2.01. The molecular weight excluding hydrogens is 160 g/mol. The van der Waals surface area contributed by atoms with E-state index < -0.39 is 0 Å². The quantitative estimate of drug-likeness (QED) is 0.663. The molecule has 1 heteroatoms. The molecular formula is C12H24O. The first-order valence-electron chi connectivity index (χ1n) is 5.61. The SMILES string of the molecule is CCC1CC(O)CC(C(C)(C)C)C1. The van der Waals surface area contributed by atoms with Crippen molar-refractivity contribution in [3.8, 4) is 0 Å². The molecule has 1 aliphatic rings. The van der Waals surface area contributed by atoms with Crippen LogP contribution in [0.2, 0.25) is 0 Å². The van der Waals surface area contributed by atoms with Crippen LogP contribution in [-0.2, 0) is 0 Å². The Balaban J connectivity index is 2.57. The molecule has 1 fully saturated rings. The number of rotatable bonds is 1. The third-order valence-electron chi connectivity index (χ3n) is 3.58. The van der Waals surface area contributed by atoms with Crippen molar-refractivity contribution >= 4 is 0 Å². The normalized spacial score (nSPS) is 36.2. The molecule has 13 heavy (non-hydrogen) atoms. The van der Waals surface area contributed by atoms with Gasteiger partial charge in [0.15, 0.2) is 0 Å². The fourth-order valence-electron chi connectivity index (χ4n) is 2.44. The number of aliphatic hydroxyl groups is 1. The van der Waals surface area contributed by atoms with Gasteiger partial charge in [-0.2, -0.15) is 0 Å². The molecule has 0 aromatic heterocycles. The Bertz CT molecular complexity index is 157. The van der Waals surface area contributed by atoms with Gasteiger partial charge < -0.3 is 5.11 Å². The lowest BCUT2D eigenvalue weighted by Crippen LogP contribution is -2.33. The van der Waals surface area contributed by atoms with Crippen LogP contribution in [-0.4, -0.2) is 11.2 Å². The second kappa shape index (κ2) is 4.00. The minimum atomic E-state index is -0.0390. The lowest BCUT2D eigenvalue weighted by molar-refractivity contribution is 0.0286. The largest absolute Gasteiger partial charge is 0.393 e. The van der Waals surface area contributed by atoms with E-state index in [4.69, 9.17) is 0 Å². The molecule has 0 spiro atoms. The molecule has 3 atom stereocenters. The molecule has 1 saturated carbocycles. The van der Waals surface area contributed by atoms with E-state index in [9.17, 15) is 5.11 Å². The van der Waals surface area contributed by atoms with Gasteiger partial charge in [0.05, 0.1) is 6.10 Å². The topological polar surface area (TPSA) is 20.2 Å². The first-order chi connectivity index (χ1) is 5.93. The van der Waals surface area contributed by atoms with Crippen molar-refractivity contribution < 1.29 is 5.11 Å². The van der Waals surface area contributed by atoms with Crippen LogP contribution in [0.25, 0.3) is 0 Å². The highest BCUT2D eigenvalue weighted by atomic mass is 16.3. The first-order valence-corrected chi connectivity index (χ1v) is 5.61. The molecule has 1 rings (SSSR count). The molecule has 78 valence electrons. The Morgan fingerprint density at radius 1 is 1.15 bits per heavy atom. The third kappa shape index (κ3) is 2.98. The Kier molecular flexibility index (Phi) is 3.39. The molecule has 0 aromatic carbocycles. The predicted molar refractivity (Wildman–Crippen MR) is 56.6 cm³/mol. The van der Waals surface area contributed by atoms with E-state index in [-0.39, 0.29) is 6.10 Å². The third-order valence-corrected chi connectivity index (χ3v) is 3.58. The summed E-state index contributed by atoms with van der Waals surface area (Å²) in [7, 11) is 0. The smallest absolute Gasteiger partial charge is 0.0545 e. The van der Waals surface area contributed by atoms with Gasteiger partial charge >= 0.3 is 0 Å². The minimum absolute atomic E-state index is 0.0390. The summed E-state index contributed by atoms with van der Waals surface area (Å²) in [4.78, 5) is 0. The van der Waals surface area contributed by atoms with Crippen LogP contribution in [0.15, 0.2) is 0 Å². The molecule has 0 bridgehead atoms. The maximum atomic E-state index is 9.74. The second-order valence-corrected chi connectivity index (χ2v) is 5.70. The zero-order valence-electron chi connectivity index (χ0n) is 9.51. The van der Waals surface area contributed by atoms with Crippen molar-refractivity contribution in [3.05, 3.63) is 0 Å². The van der Waals surface area contributed by atoms with Gasteiger partial charge in [0.25, 0.3) is 0 Å². The van der Waals surface area contributed by atoms with Gasteiger partial charge in [-0.15, -0.1) is 0 Å². The van der Waals surface area contributed by atoms with Gasteiger partial charge in [-0.1, -0.05) is 34.1 Å². The highest BCUT2D eigenvalue weighted by molar-refractivity contribution is 4.84. The van der Waals surface area contributed by atoms with Crippen molar-refractivity contribution in [3.63, 3.8) is 0 Å². The summed E-state index contributed by atoms with van der Waals surface area (Å²) in [6.07, 6.45) is 4.55. The molecule has 0 saturated heterocycles. The Hall–Kier alpha value is -0.0400. The van der Waals surface area contributed by atoms with Crippen molar-refractivity contribution in [2.24, 2.45) is 17.3 Å². The molecule has 1 nitrogen and oxygen atoms in total. The second-order valence-electron chi connectivity index (χ2n) is 5.70. The molecule has 1 N–H and O–H groups in total. The summed E-state index contributed by atoms with van der Waals surface area (Å²) in [5, 5.41) is 9.74. The fourth-order valence-corrected chi connectivity index (χ4v) is 2.44. The van der Waals surface area contributed by atoms with Crippen LogP contribution in [0.4, 0.5) is 0 Å². The van der Waals surface area contributed by atoms with Crippen molar-refractivity contribution in [2.45, 2.75) is 59.5 Å². The van der Waals surface area contributed by atoms with E-state index in [1.165, 1.54) is 12.8 Å². The zero-order valence-corrected chi connectivity index (χ0v) is 9.51. The van der Waals surface area contributed by atoms with Crippen molar-refractivity contribution in [1.82, 2.24) is 0 Å². The summed E-state index contributed by atoms with van der Waals surface area (Å²) in [5.41, 5.74) is 0.370. The Morgan fingerprint density at radius 2 is 1.77 bits per heavy atom. The van der Waals surface area contributed by atoms with Crippen LogP contribution in [0, 0.1) is 17.3 Å². The monoisotopic (exact) mass is 184 g/mol. The summed E-state index contributed by atoms with van der Waals surface area (Å²) in [6.45, 7) is 9.12. The number of hydrogen-bond acceptors (Lipinski definition) is 1. The zero-order chi connectivity index (χ0) is 10.1. The molecule has 0 aliphatic heterocycles. The van der Waals surface area contributed by atoms with Crippen LogP contribution in [0.1, 0.15) is 53.4 Å². The van der Waals surface area contributed by atoms with Gasteiger partial charge in [0.1, 0.15) is 0 Å². The Morgan fingerprint density at radius 3 is 2.23 bits per heavy atom. The van der Waals surface area contributed by atoms with Gasteiger partial charge in [-0.05, 0) is 36.5 Å². The van der Waals surface area contributed by atoms with Gasteiger partial charge in [0, 0.05) is 0 Å². The molecule has 0 aromatic rings. The van der Waals surface area contributed by atoms with Gasteiger partial charge in [-0.3, -0.25) is 0 Å².